The lowest BCUT2D eigenvalue weighted by Gasteiger charge is -2.24. The average molecular weight is 1110 g/mol. The number of phosphoric acid groups is 1. The summed E-state index contributed by atoms with van der Waals surface area (Å²) in [5.41, 5.74) is 0. The number of ether oxygens (including phenoxy) is 2. The molecule has 2 unspecified atom stereocenters. The highest BCUT2D eigenvalue weighted by atomic mass is 31.2. The van der Waals surface area contributed by atoms with Crippen molar-refractivity contribution in [3.63, 3.8) is 0 Å². The quantitative estimate of drug-likeness (QED) is 0.0211. The van der Waals surface area contributed by atoms with Crippen molar-refractivity contribution >= 4 is 19.8 Å². The molecule has 78 heavy (non-hydrogen) atoms. The van der Waals surface area contributed by atoms with Gasteiger partial charge in [0.1, 0.15) is 19.8 Å². The number of quaternary nitrogens is 1. The van der Waals surface area contributed by atoms with Crippen LogP contribution in [0, 0.1) is 0 Å². The van der Waals surface area contributed by atoms with Gasteiger partial charge in [-0.2, -0.15) is 0 Å². The van der Waals surface area contributed by atoms with Crippen LogP contribution in [0.5, 0.6) is 0 Å². The van der Waals surface area contributed by atoms with Crippen LogP contribution in [0.25, 0.3) is 0 Å². The first kappa shape index (κ1) is 74.7. The molecule has 9 nitrogen and oxygen atoms in total. The van der Waals surface area contributed by atoms with Gasteiger partial charge in [-0.1, -0.05) is 252 Å². The van der Waals surface area contributed by atoms with Gasteiger partial charge in [-0.3, -0.25) is 18.6 Å². The summed E-state index contributed by atoms with van der Waals surface area (Å²) in [5.74, 6) is -0.813. The zero-order valence-electron chi connectivity index (χ0n) is 50.9. The van der Waals surface area contributed by atoms with E-state index in [2.05, 4.69) is 123 Å². The van der Waals surface area contributed by atoms with Crippen LogP contribution in [0.4, 0.5) is 0 Å². The summed E-state index contributed by atoms with van der Waals surface area (Å²) in [5, 5.41) is 0. The third-order valence-electron chi connectivity index (χ3n) is 13.3. The molecule has 0 spiro atoms. The lowest BCUT2D eigenvalue weighted by Crippen LogP contribution is -2.37. The largest absolute Gasteiger partial charge is 0.472 e. The maximum atomic E-state index is 12.8. The number of unbranched alkanes of at least 4 members (excludes halogenated alkanes) is 25. The van der Waals surface area contributed by atoms with Crippen LogP contribution >= 0.6 is 7.82 Å². The second-order valence-electron chi connectivity index (χ2n) is 22.1. The Morgan fingerprint density at radius 2 is 0.731 bits per heavy atom. The van der Waals surface area contributed by atoms with E-state index in [1.807, 2.05) is 21.1 Å². The summed E-state index contributed by atoms with van der Waals surface area (Å²) < 4.78 is 34.6. The summed E-state index contributed by atoms with van der Waals surface area (Å²) in [6.45, 7) is 4.30. The molecule has 0 aliphatic rings. The van der Waals surface area contributed by atoms with Crippen molar-refractivity contribution in [2.24, 2.45) is 0 Å². The minimum absolute atomic E-state index is 0.0249. The predicted octanol–water partition coefficient (Wildman–Crippen LogP) is 20.2. The van der Waals surface area contributed by atoms with Crippen LogP contribution in [-0.2, 0) is 32.7 Å². The minimum atomic E-state index is -4.40. The van der Waals surface area contributed by atoms with Gasteiger partial charge in [0.05, 0.1) is 27.7 Å². The Labute approximate surface area is 480 Å². The van der Waals surface area contributed by atoms with Gasteiger partial charge in [0.25, 0.3) is 0 Å². The van der Waals surface area contributed by atoms with Gasteiger partial charge < -0.3 is 18.9 Å². The molecule has 0 radical (unpaired) electrons. The van der Waals surface area contributed by atoms with E-state index in [1.165, 1.54) is 122 Å². The SMILES string of the molecule is CC/C=C\C/C=C\C/C=C\C/C=C\C/C=C\C/C=C\CCCCCCCCCCCCCCCCC(=O)OC(COC(=O)CCCCCCCC/C=C\C/C=C\C/C=C\CCCCCCC)COP(=O)(O)OCC[N+](C)(C)C. The van der Waals surface area contributed by atoms with E-state index in [4.69, 9.17) is 18.5 Å². The van der Waals surface area contributed by atoms with Crippen molar-refractivity contribution in [3.05, 3.63) is 109 Å². The molecule has 0 saturated heterocycles. The lowest BCUT2D eigenvalue weighted by atomic mass is 10.0. The van der Waals surface area contributed by atoms with Crippen LogP contribution in [0.15, 0.2) is 109 Å². The van der Waals surface area contributed by atoms with Gasteiger partial charge >= 0.3 is 19.8 Å². The Bertz CT molecular complexity index is 1680. The maximum absolute atomic E-state index is 12.8. The van der Waals surface area contributed by atoms with Crippen molar-refractivity contribution in [1.29, 1.82) is 0 Å². The van der Waals surface area contributed by atoms with Gasteiger partial charge in [-0.15, -0.1) is 0 Å². The van der Waals surface area contributed by atoms with Crippen molar-refractivity contribution in [2.75, 3.05) is 47.5 Å². The van der Waals surface area contributed by atoms with Gasteiger partial charge in [-0.25, -0.2) is 4.57 Å². The Kier molecular flexibility index (Phi) is 55.8. The number of carbonyl (C=O) groups is 2. The van der Waals surface area contributed by atoms with E-state index in [1.54, 1.807) is 0 Å². The predicted molar refractivity (Wildman–Crippen MR) is 335 cm³/mol. The molecule has 0 aliphatic heterocycles. The number of allylic oxidation sites excluding steroid dienone is 18. The fourth-order valence-corrected chi connectivity index (χ4v) is 9.18. The molecule has 0 aromatic rings. The summed E-state index contributed by atoms with van der Waals surface area (Å²) in [6, 6.07) is 0. The van der Waals surface area contributed by atoms with Crippen molar-refractivity contribution in [1.82, 2.24) is 0 Å². The normalized spacial score (nSPS) is 14.0. The monoisotopic (exact) mass is 1110 g/mol. The van der Waals surface area contributed by atoms with Crippen LogP contribution in [-0.4, -0.2) is 74.9 Å². The second kappa shape index (κ2) is 58.3. The topological polar surface area (TPSA) is 108 Å². The summed E-state index contributed by atoms with van der Waals surface area (Å²) >= 11 is 0. The molecule has 0 heterocycles. The third-order valence-corrected chi connectivity index (χ3v) is 14.3. The molecule has 0 saturated carbocycles. The van der Waals surface area contributed by atoms with E-state index < -0.39 is 26.5 Å². The lowest BCUT2D eigenvalue weighted by molar-refractivity contribution is -0.870. The molecule has 1 N–H and O–H groups in total. The molecule has 0 aromatic carbocycles. The molecule has 10 heteroatoms. The number of likely N-dealkylation sites (N-methyl/N-ethyl adjacent to an activating group) is 1. The van der Waals surface area contributed by atoms with E-state index in [0.29, 0.717) is 17.4 Å². The van der Waals surface area contributed by atoms with Gasteiger partial charge in [0.2, 0.25) is 0 Å². The van der Waals surface area contributed by atoms with Crippen LogP contribution in [0.1, 0.15) is 258 Å². The van der Waals surface area contributed by atoms with Gasteiger partial charge in [-0.05, 0) is 103 Å². The Hall–Kier alpha value is -3.33. The number of hydrogen-bond acceptors (Lipinski definition) is 7. The number of phosphoric ester groups is 1. The number of nitrogens with zero attached hydrogens (tertiary/aromatic N) is 1. The fraction of sp³-hybridized carbons (Fsp3) is 0.706. The molecule has 0 rings (SSSR count). The van der Waals surface area contributed by atoms with Crippen LogP contribution in [0.3, 0.4) is 0 Å². The van der Waals surface area contributed by atoms with E-state index >= 15 is 0 Å². The number of carbonyl (C=O) groups excluding carboxylic acids is 2. The fourth-order valence-electron chi connectivity index (χ4n) is 8.44. The standard InChI is InChI=1S/C68H118NO8P/c1-6-8-10-12-14-16-18-20-22-24-26-28-29-30-31-32-33-34-35-36-37-38-39-41-43-45-47-49-51-53-55-57-59-61-68(71)77-66(65-76-78(72,73)75-63-62-69(3,4)5)64-74-67(70)60-58-56-54-52-50-48-46-44-42-40-27-25-23-21-19-17-15-13-11-9-7-2/h8,10,14,16,19-22,25-28,30-31,33-34,42,44,66H,6-7,9,11-13,15,17-18,23-24,29,32,35-41,43,45-65H2,1-5H3/p+1/b10-8-,16-14-,21-19-,22-20-,27-25-,28-26-,31-30-,34-33-,44-42-. The molecular weight excluding hydrogens is 990 g/mol. The second-order valence-corrected chi connectivity index (χ2v) is 23.5. The molecule has 0 aromatic heterocycles. The zero-order chi connectivity index (χ0) is 57.0. The van der Waals surface area contributed by atoms with Crippen molar-refractivity contribution in [3.8, 4) is 0 Å². The van der Waals surface area contributed by atoms with Gasteiger partial charge in [0.15, 0.2) is 6.10 Å². The molecule has 2 atom stereocenters. The number of rotatable bonds is 57. The summed E-state index contributed by atoms with van der Waals surface area (Å²) in [6.07, 6.45) is 81.6. The van der Waals surface area contributed by atoms with Gasteiger partial charge in [0, 0.05) is 12.8 Å². The zero-order valence-corrected chi connectivity index (χ0v) is 51.8. The highest BCUT2D eigenvalue weighted by molar-refractivity contribution is 7.47. The van der Waals surface area contributed by atoms with E-state index in [0.717, 1.165) is 103 Å². The smallest absolute Gasteiger partial charge is 0.462 e. The first-order valence-corrected chi connectivity index (χ1v) is 33.1. The number of hydrogen-bond donors (Lipinski definition) is 1. The first-order valence-electron chi connectivity index (χ1n) is 31.6. The minimum Gasteiger partial charge on any atom is -0.462 e. The molecule has 0 fully saturated rings. The summed E-state index contributed by atoms with van der Waals surface area (Å²) in [7, 11) is 1.46. The van der Waals surface area contributed by atoms with Crippen molar-refractivity contribution < 1.29 is 42.1 Å². The Morgan fingerprint density at radius 3 is 1.09 bits per heavy atom. The Morgan fingerprint density at radius 1 is 0.410 bits per heavy atom. The molecular formula is C68H119NO8P+. The van der Waals surface area contributed by atoms with Crippen LogP contribution in [0.2, 0.25) is 0 Å². The molecule has 448 valence electrons. The van der Waals surface area contributed by atoms with Crippen LogP contribution < -0.4 is 0 Å². The van der Waals surface area contributed by atoms with E-state index in [9.17, 15) is 19.0 Å². The van der Waals surface area contributed by atoms with Crippen molar-refractivity contribution in [2.45, 2.75) is 264 Å². The average Bonchev–Trinajstić information content (AvgIpc) is 3.41. The molecule has 0 amide bonds. The first-order chi connectivity index (χ1) is 38.0. The van der Waals surface area contributed by atoms with E-state index in [-0.39, 0.29) is 32.0 Å². The third kappa shape index (κ3) is 61.9. The highest BCUT2D eigenvalue weighted by Crippen LogP contribution is 2.43. The molecule has 0 bridgehead atoms. The summed E-state index contributed by atoms with van der Waals surface area (Å²) in [4.78, 5) is 35.8. The Balaban J connectivity index is 4.13. The molecule has 0 aliphatic carbocycles. The number of esters is 2. The highest BCUT2D eigenvalue weighted by Gasteiger charge is 2.27. The maximum Gasteiger partial charge on any atom is 0.472 e.